The Bertz CT molecular complexity index is 369. The van der Waals surface area contributed by atoms with E-state index >= 15 is 0 Å². The highest BCUT2D eigenvalue weighted by atomic mass is 79.9. The van der Waals surface area contributed by atoms with Crippen LogP contribution in [0, 0.1) is 6.20 Å². The van der Waals surface area contributed by atoms with Crippen LogP contribution in [-0.2, 0) is 0 Å². The normalized spacial score (nSPS) is 10.1. The van der Waals surface area contributed by atoms with E-state index in [1.807, 2.05) is 18.2 Å². The molecule has 2 aromatic heterocycles. The highest BCUT2D eigenvalue weighted by Crippen LogP contribution is 2.07. The summed E-state index contributed by atoms with van der Waals surface area (Å²) in [6.45, 7) is 0. The summed E-state index contributed by atoms with van der Waals surface area (Å²) in [6.07, 6.45) is 4.64. The average molecular weight is 223 g/mol. The lowest BCUT2D eigenvalue weighted by atomic mass is 10.5. The van der Waals surface area contributed by atoms with Gasteiger partial charge in [-0.1, -0.05) is 6.07 Å². The van der Waals surface area contributed by atoms with Crippen molar-refractivity contribution in [2.45, 2.75) is 0 Å². The van der Waals surface area contributed by atoms with E-state index in [-0.39, 0.29) is 0 Å². The Morgan fingerprint density at radius 3 is 2.92 bits per heavy atom. The lowest BCUT2D eigenvalue weighted by molar-refractivity contribution is 0.833. The van der Waals surface area contributed by atoms with Crippen LogP contribution >= 0.6 is 15.9 Å². The van der Waals surface area contributed by atoms with Crippen LogP contribution in [0.1, 0.15) is 0 Å². The van der Waals surface area contributed by atoms with E-state index in [0.717, 1.165) is 10.4 Å². The van der Waals surface area contributed by atoms with E-state index in [2.05, 4.69) is 32.2 Å². The fourth-order valence-corrected chi connectivity index (χ4v) is 1.13. The van der Waals surface area contributed by atoms with E-state index < -0.39 is 0 Å². The molecule has 0 unspecified atom stereocenters. The van der Waals surface area contributed by atoms with Gasteiger partial charge >= 0.3 is 0 Å². The lowest BCUT2D eigenvalue weighted by Gasteiger charge is -1.96. The van der Waals surface area contributed by atoms with Crippen LogP contribution in [-0.4, -0.2) is 14.8 Å². The first kappa shape index (κ1) is 7.49. The Balaban J connectivity index is 2.45. The van der Waals surface area contributed by atoms with Crippen molar-refractivity contribution in [2.24, 2.45) is 0 Å². The monoisotopic (exact) mass is 222 g/mol. The molecule has 2 rings (SSSR count). The highest BCUT2D eigenvalue weighted by molar-refractivity contribution is 9.10. The molecule has 4 heteroatoms. The number of nitrogens with zero attached hydrogens (tertiary/aromatic N) is 3. The van der Waals surface area contributed by atoms with Crippen LogP contribution in [0.2, 0.25) is 0 Å². The van der Waals surface area contributed by atoms with Gasteiger partial charge in [-0.25, -0.2) is 9.67 Å². The van der Waals surface area contributed by atoms with Crippen LogP contribution in [0.25, 0.3) is 5.82 Å². The molecule has 0 fully saturated rings. The van der Waals surface area contributed by atoms with E-state index in [1.54, 1.807) is 16.9 Å². The number of hydrogen-bond donors (Lipinski definition) is 0. The molecule has 12 heavy (non-hydrogen) atoms. The molecule has 3 nitrogen and oxygen atoms in total. The summed E-state index contributed by atoms with van der Waals surface area (Å²) in [7, 11) is 0. The van der Waals surface area contributed by atoms with Gasteiger partial charge in [0.15, 0.2) is 5.82 Å². The van der Waals surface area contributed by atoms with Gasteiger partial charge in [0.2, 0.25) is 0 Å². The van der Waals surface area contributed by atoms with E-state index in [9.17, 15) is 0 Å². The first-order chi connectivity index (χ1) is 5.86. The first-order valence-corrected chi connectivity index (χ1v) is 4.20. The minimum atomic E-state index is 0.758. The molecule has 2 aromatic rings. The predicted octanol–water partition coefficient (Wildman–Crippen LogP) is 1.83. The summed E-state index contributed by atoms with van der Waals surface area (Å²) < 4.78 is 2.34. The Morgan fingerprint density at radius 1 is 1.42 bits per heavy atom. The quantitative estimate of drug-likeness (QED) is 0.738. The van der Waals surface area contributed by atoms with Crippen LogP contribution in [0.5, 0.6) is 0 Å². The van der Waals surface area contributed by atoms with Crippen molar-refractivity contribution in [3.05, 3.63) is 41.3 Å². The molecule has 0 aliphatic carbocycles. The minimum Gasteiger partial charge on any atom is -0.237 e. The van der Waals surface area contributed by atoms with E-state index in [4.69, 9.17) is 0 Å². The van der Waals surface area contributed by atoms with Crippen molar-refractivity contribution < 1.29 is 0 Å². The van der Waals surface area contributed by atoms with Gasteiger partial charge in [0, 0.05) is 12.3 Å². The number of aromatic nitrogens is 3. The molecule has 0 spiro atoms. The van der Waals surface area contributed by atoms with Crippen molar-refractivity contribution in [1.29, 1.82) is 0 Å². The highest BCUT2D eigenvalue weighted by Gasteiger charge is 1.97. The first-order valence-electron chi connectivity index (χ1n) is 3.41. The van der Waals surface area contributed by atoms with Crippen molar-refractivity contribution in [3.8, 4) is 5.82 Å². The van der Waals surface area contributed by atoms with Crippen molar-refractivity contribution in [1.82, 2.24) is 14.8 Å². The number of hydrogen-bond acceptors (Lipinski definition) is 2. The van der Waals surface area contributed by atoms with Crippen molar-refractivity contribution in [3.63, 3.8) is 0 Å². The molecule has 1 radical (unpaired) electrons. The maximum atomic E-state index is 4.11. The van der Waals surface area contributed by atoms with Gasteiger partial charge in [0.25, 0.3) is 0 Å². The number of rotatable bonds is 1. The summed E-state index contributed by atoms with van der Waals surface area (Å²) in [6, 6.07) is 7.39. The summed E-state index contributed by atoms with van der Waals surface area (Å²) in [5.41, 5.74) is 0. The summed E-state index contributed by atoms with van der Waals surface area (Å²) in [4.78, 5) is 4.11. The van der Waals surface area contributed by atoms with E-state index in [0.29, 0.717) is 0 Å². The van der Waals surface area contributed by atoms with Gasteiger partial charge in [-0.2, -0.15) is 5.10 Å². The third kappa shape index (κ3) is 1.38. The zero-order chi connectivity index (χ0) is 8.39. The molecule has 0 atom stereocenters. The average Bonchev–Trinajstić information content (AvgIpc) is 2.54. The minimum absolute atomic E-state index is 0.758. The zero-order valence-electron chi connectivity index (χ0n) is 6.11. The van der Waals surface area contributed by atoms with Gasteiger partial charge < -0.3 is 0 Å². The standard InChI is InChI=1S/C8H5BrN3/c9-7-4-6-12(11-7)8-3-1-2-5-10-8/h1-5H. The molecule has 0 amide bonds. The third-order valence-corrected chi connectivity index (χ3v) is 1.76. The maximum absolute atomic E-state index is 4.11. The Kier molecular flexibility index (Phi) is 1.91. The molecule has 59 valence electrons. The van der Waals surface area contributed by atoms with Gasteiger partial charge in [-0.05, 0) is 28.1 Å². The molecule has 0 bridgehead atoms. The Morgan fingerprint density at radius 2 is 2.33 bits per heavy atom. The molecule has 2 heterocycles. The van der Waals surface area contributed by atoms with Gasteiger partial charge in [0.1, 0.15) is 4.60 Å². The molecular weight excluding hydrogens is 218 g/mol. The van der Waals surface area contributed by atoms with Crippen LogP contribution in [0.3, 0.4) is 0 Å². The van der Waals surface area contributed by atoms with Crippen LogP contribution in [0.4, 0.5) is 0 Å². The fourth-order valence-electron chi connectivity index (χ4n) is 0.864. The molecule has 0 aliphatic heterocycles. The van der Waals surface area contributed by atoms with Crippen molar-refractivity contribution >= 4 is 15.9 Å². The van der Waals surface area contributed by atoms with Gasteiger partial charge in [-0.3, -0.25) is 0 Å². The molecule has 0 saturated heterocycles. The molecule has 0 N–H and O–H groups in total. The number of halogens is 1. The molecular formula is C8H5BrN3. The summed E-state index contributed by atoms with van der Waals surface area (Å²) in [5, 5.41) is 4.10. The topological polar surface area (TPSA) is 30.7 Å². The maximum Gasteiger partial charge on any atom is 0.154 e. The predicted molar refractivity (Wildman–Crippen MR) is 47.9 cm³/mol. The second kappa shape index (κ2) is 3.06. The molecule has 0 saturated carbocycles. The van der Waals surface area contributed by atoms with E-state index in [1.165, 1.54) is 0 Å². The molecule has 0 aromatic carbocycles. The van der Waals surface area contributed by atoms with Gasteiger partial charge in [-0.15, -0.1) is 0 Å². The Hall–Kier alpha value is -1.16. The van der Waals surface area contributed by atoms with Crippen LogP contribution in [0.15, 0.2) is 35.1 Å². The largest absolute Gasteiger partial charge is 0.237 e. The number of pyridine rings is 1. The Labute approximate surface area is 78.2 Å². The van der Waals surface area contributed by atoms with Gasteiger partial charge in [0.05, 0.1) is 6.20 Å². The van der Waals surface area contributed by atoms with Crippen molar-refractivity contribution in [2.75, 3.05) is 0 Å². The smallest absolute Gasteiger partial charge is 0.154 e. The lowest BCUT2D eigenvalue weighted by Crippen LogP contribution is -1.96. The zero-order valence-corrected chi connectivity index (χ0v) is 7.69. The summed E-state index contributed by atoms with van der Waals surface area (Å²) in [5.74, 6) is 0.767. The summed E-state index contributed by atoms with van der Waals surface area (Å²) >= 11 is 3.24. The second-order valence-corrected chi connectivity index (χ2v) is 3.01. The SMILES string of the molecule is Brc1c[c]n(-c2ccccn2)n1. The van der Waals surface area contributed by atoms with Crippen LogP contribution < -0.4 is 0 Å². The third-order valence-electron chi connectivity index (χ3n) is 1.37. The molecule has 0 aliphatic rings. The second-order valence-electron chi connectivity index (χ2n) is 2.20. The fraction of sp³-hybridized carbons (Fsp3) is 0.